The molecule has 6 nitrogen and oxygen atoms in total. The fourth-order valence-electron chi connectivity index (χ4n) is 3.11. The van der Waals surface area contributed by atoms with Crippen LogP contribution in [0.5, 0.6) is 0 Å². The van der Waals surface area contributed by atoms with Gasteiger partial charge in [-0.3, -0.25) is 4.79 Å². The van der Waals surface area contributed by atoms with Gasteiger partial charge in [-0.15, -0.1) is 0 Å². The Morgan fingerprint density at radius 3 is 1.94 bits per heavy atom. The average Bonchev–Trinajstić information content (AvgIpc) is 2.76. The van der Waals surface area contributed by atoms with Crippen LogP contribution in [-0.2, 0) is 19.9 Å². The number of hydrogen-bond donors (Lipinski definition) is 0. The van der Waals surface area contributed by atoms with Crippen LogP contribution >= 0.6 is 27.5 Å². The average molecular weight is 551 g/mol. The Labute approximate surface area is 198 Å². The smallest absolute Gasteiger partial charge is 0.282 e. The van der Waals surface area contributed by atoms with Gasteiger partial charge in [-0.05, 0) is 54.6 Å². The Bertz CT molecular complexity index is 1510. The van der Waals surface area contributed by atoms with E-state index in [4.69, 9.17) is 11.6 Å². The highest BCUT2D eigenvalue weighted by atomic mass is 79.9. The van der Waals surface area contributed by atoms with Crippen molar-refractivity contribution in [2.24, 2.45) is 4.40 Å². The number of carbonyl (C=O) groups excluding carboxylic acids is 1. The Hall–Kier alpha value is -2.59. The van der Waals surface area contributed by atoms with Crippen LogP contribution in [0.25, 0.3) is 0 Å². The first-order chi connectivity index (χ1) is 15.1. The summed E-state index contributed by atoms with van der Waals surface area (Å²) in [6.45, 7) is 0. The monoisotopic (exact) mass is 549 g/mol. The van der Waals surface area contributed by atoms with Gasteiger partial charge in [0.2, 0.25) is 15.6 Å². The summed E-state index contributed by atoms with van der Waals surface area (Å²) in [7, 11) is -8.44. The van der Waals surface area contributed by atoms with Crippen molar-refractivity contribution in [3.63, 3.8) is 0 Å². The predicted molar refractivity (Wildman–Crippen MR) is 125 cm³/mol. The van der Waals surface area contributed by atoms with Gasteiger partial charge in [0.25, 0.3) is 10.0 Å². The summed E-state index contributed by atoms with van der Waals surface area (Å²) in [5.74, 6) is -0.740. The number of benzene rings is 3. The number of Topliss-reactive ketones (excluding diaryl/α,β-unsaturated/α-hetero) is 1. The van der Waals surface area contributed by atoms with E-state index in [0.717, 1.165) is 6.08 Å². The van der Waals surface area contributed by atoms with Crippen molar-refractivity contribution in [2.75, 3.05) is 0 Å². The molecule has 0 N–H and O–H groups in total. The molecule has 0 amide bonds. The van der Waals surface area contributed by atoms with Crippen LogP contribution in [0.2, 0.25) is 5.02 Å². The number of sulfonamides is 1. The quantitative estimate of drug-likeness (QED) is 0.463. The minimum absolute atomic E-state index is 0.0484. The second kappa shape index (κ2) is 8.40. The van der Waals surface area contributed by atoms with E-state index in [1.165, 1.54) is 48.5 Å². The molecule has 1 aliphatic carbocycles. The predicted octanol–water partition coefficient (Wildman–Crippen LogP) is 4.83. The zero-order valence-electron chi connectivity index (χ0n) is 16.1. The van der Waals surface area contributed by atoms with Crippen molar-refractivity contribution in [3.8, 4) is 0 Å². The molecule has 1 aliphatic rings. The van der Waals surface area contributed by atoms with E-state index in [9.17, 15) is 21.6 Å². The van der Waals surface area contributed by atoms with Crippen LogP contribution < -0.4 is 0 Å². The van der Waals surface area contributed by atoms with Crippen LogP contribution in [0.1, 0.15) is 15.9 Å². The van der Waals surface area contributed by atoms with E-state index < -0.39 is 30.5 Å². The number of rotatable bonds is 4. The molecular weight excluding hydrogens is 538 g/mol. The number of allylic oxidation sites excluding steroid dienone is 2. The topological polar surface area (TPSA) is 97.7 Å². The molecule has 0 saturated carbocycles. The third-order valence-electron chi connectivity index (χ3n) is 4.68. The SMILES string of the molecule is O=C1C(S(=O)(=O)c2ccc(Cl)cc2)=CC(=NS(=O)(=O)c2ccc(Br)cc2)c2ccccc21. The van der Waals surface area contributed by atoms with Gasteiger partial charge in [-0.1, -0.05) is 51.8 Å². The lowest BCUT2D eigenvalue weighted by atomic mass is 9.94. The highest BCUT2D eigenvalue weighted by molar-refractivity contribution is 9.10. The van der Waals surface area contributed by atoms with E-state index in [2.05, 4.69) is 20.3 Å². The molecule has 0 unspecified atom stereocenters. The maximum Gasteiger partial charge on any atom is 0.282 e. The third-order valence-corrected chi connectivity index (χ3v) is 8.54. The van der Waals surface area contributed by atoms with Gasteiger partial charge in [-0.2, -0.15) is 12.8 Å². The molecular formula is C22H13BrClNO5S2. The highest BCUT2D eigenvalue weighted by Gasteiger charge is 2.34. The van der Waals surface area contributed by atoms with Crippen LogP contribution in [-0.4, -0.2) is 28.3 Å². The fourth-order valence-corrected chi connectivity index (χ4v) is 5.86. The molecule has 3 aromatic rings. The number of ketones is 1. The molecule has 0 spiro atoms. The fraction of sp³-hybridized carbons (Fsp3) is 0. The zero-order valence-corrected chi connectivity index (χ0v) is 20.0. The molecule has 0 aliphatic heterocycles. The van der Waals surface area contributed by atoms with Crippen LogP contribution in [0.3, 0.4) is 0 Å². The van der Waals surface area contributed by atoms with E-state index in [-0.39, 0.29) is 26.6 Å². The molecule has 0 aromatic heterocycles. The van der Waals surface area contributed by atoms with Crippen molar-refractivity contribution in [2.45, 2.75) is 9.79 Å². The van der Waals surface area contributed by atoms with E-state index in [1.54, 1.807) is 24.3 Å². The highest BCUT2D eigenvalue weighted by Crippen LogP contribution is 2.30. The first kappa shape index (κ1) is 22.6. The van der Waals surface area contributed by atoms with Crippen molar-refractivity contribution in [1.82, 2.24) is 0 Å². The first-order valence-electron chi connectivity index (χ1n) is 9.06. The maximum atomic E-state index is 13.2. The minimum Gasteiger partial charge on any atom is -0.288 e. The molecule has 162 valence electrons. The lowest BCUT2D eigenvalue weighted by molar-refractivity contribution is 0.104. The summed E-state index contributed by atoms with van der Waals surface area (Å²) in [5, 5.41) is 0.334. The van der Waals surface area contributed by atoms with Gasteiger partial charge < -0.3 is 0 Å². The molecule has 4 rings (SSSR count). The van der Waals surface area contributed by atoms with Gasteiger partial charge in [0.15, 0.2) is 0 Å². The van der Waals surface area contributed by atoms with E-state index in [0.29, 0.717) is 9.50 Å². The standard InChI is InChI=1S/C22H13BrClNO5S2/c23-14-5-9-17(10-6-14)32(29,30)25-20-13-21(22(26)19-4-2-1-3-18(19)20)31(27,28)16-11-7-15(24)8-12-16/h1-13H. The molecule has 0 fully saturated rings. The summed E-state index contributed by atoms with van der Waals surface area (Å²) in [6.07, 6.45) is 1.00. The van der Waals surface area contributed by atoms with Gasteiger partial charge >= 0.3 is 0 Å². The summed E-state index contributed by atoms with van der Waals surface area (Å²) in [5.41, 5.74) is 0.135. The second-order valence-electron chi connectivity index (χ2n) is 6.75. The first-order valence-corrected chi connectivity index (χ1v) is 13.2. The zero-order chi connectivity index (χ0) is 23.1. The molecule has 0 radical (unpaired) electrons. The van der Waals surface area contributed by atoms with Crippen molar-refractivity contribution in [3.05, 3.63) is 104 Å². The molecule has 0 bridgehead atoms. The molecule has 0 saturated heterocycles. The van der Waals surface area contributed by atoms with Crippen LogP contribution in [0.4, 0.5) is 0 Å². The van der Waals surface area contributed by atoms with Crippen molar-refractivity contribution >= 4 is 58.9 Å². The van der Waals surface area contributed by atoms with Crippen molar-refractivity contribution in [1.29, 1.82) is 0 Å². The van der Waals surface area contributed by atoms with Crippen molar-refractivity contribution < 1.29 is 21.6 Å². The summed E-state index contributed by atoms with van der Waals surface area (Å²) in [4.78, 5) is 12.3. The largest absolute Gasteiger partial charge is 0.288 e. The van der Waals surface area contributed by atoms with Gasteiger partial charge in [0.1, 0.15) is 4.91 Å². The van der Waals surface area contributed by atoms with Crippen LogP contribution in [0.15, 0.2) is 102 Å². The molecule has 0 atom stereocenters. The molecule has 32 heavy (non-hydrogen) atoms. The summed E-state index contributed by atoms with van der Waals surface area (Å²) < 4.78 is 56.7. The molecule has 10 heteroatoms. The van der Waals surface area contributed by atoms with E-state index >= 15 is 0 Å². The Kier molecular flexibility index (Phi) is 5.93. The van der Waals surface area contributed by atoms with E-state index in [1.807, 2.05) is 0 Å². The number of carbonyl (C=O) groups is 1. The lowest BCUT2D eigenvalue weighted by Gasteiger charge is -2.17. The molecule has 0 heterocycles. The minimum atomic E-state index is -4.26. The molecule has 3 aromatic carbocycles. The third kappa shape index (κ3) is 4.21. The van der Waals surface area contributed by atoms with Gasteiger partial charge in [0.05, 0.1) is 15.5 Å². The maximum absolute atomic E-state index is 13.2. The number of hydrogen-bond acceptors (Lipinski definition) is 5. The Balaban J connectivity index is 1.92. The normalized spacial score (nSPS) is 15.4. The van der Waals surface area contributed by atoms with Crippen LogP contribution in [0, 0.1) is 0 Å². The lowest BCUT2D eigenvalue weighted by Crippen LogP contribution is -2.23. The summed E-state index contributed by atoms with van der Waals surface area (Å²) >= 11 is 9.08. The Morgan fingerprint density at radius 2 is 1.31 bits per heavy atom. The van der Waals surface area contributed by atoms with Gasteiger partial charge in [0, 0.05) is 20.6 Å². The number of halogens is 2. The summed E-state index contributed by atoms with van der Waals surface area (Å²) in [6, 6.07) is 17.3. The number of fused-ring (bicyclic) bond motifs is 1. The number of sulfone groups is 1. The van der Waals surface area contributed by atoms with Gasteiger partial charge in [-0.25, -0.2) is 8.42 Å². The second-order valence-corrected chi connectivity index (χ2v) is 11.6. The Morgan fingerprint density at radius 1 is 0.750 bits per heavy atom. The number of nitrogens with zero attached hydrogens (tertiary/aromatic N) is 1.